The summed E-state index contributed by atoms with van der Waals surface area (Å²) in [6, 6.07) is 9.79. The molecular formula is C16H18N2O2. The average Bonchev–Trinajstić information content (AvgIpc) is 2.82. The molecule has 0 saturated heterocycles. The molecule has 4 heteroatoms. The summed E-state index contributed by atoms with van der Waals surface area (Å²) in [6.45, 7) is 1.84. The van der Waals surface area contributed by atoms with Crippen LogP contribution in [0.2, 0.25) is 0 Å². The third-order valence-electron chi connectivity index (χ3n) is 4.43. The molecule has 1 aliphatic carbocycles. The number of hydrogen-bond donors (Lipinski definition) is 2. The highest BCUT2D eigenvalue weighted by atomic mass is 16.4. The molecule has 1 aliphatic rings. The van der Waals surface area contributed by atoms with Gasteiger partial charge in [-0.05, 0) is 31.9 Å². The highest BCUT2D eigenvalue weighted by Crippen LogP contribution is 2.40. The largest absolute Gasteiger partial charge is 0.481 e. The molecule has 0 aliphatic heterocycles. The Labute approximate surface area is 117 Å². The summed E-state index contributed by atoms with van der Waals surface area (Å²) < 4.78 is 0. The Hall–Kier alpha value is -2.10. The molecular weight excluding hydrogens is 252 g/mol. The zero-order valence-electron chi connectivity index (χ0n) is 11.5. The van der Waals surface area contributed by atoms with Crippen LogP contribution in [0.3, 0.4) is 0 Å². The van der Waals surface area contributed by atoms with Gasteiger partial charge in [-0.15, -0.1) is 0 Å². The predicted octanol–water partition coefficient (Wildman–Crippen LogP) is 3.29. The lowest BCUT2D eigenvalue weighted by Crippen LogP contribution is -2.40. The number of aliphatic carboxylic acids is 1. The Balaban J connectivity index is 1.96. The monoisotopic (exact) mass is 270 g/mol. The molecule has 1 fully saturated rings. The fourth-order valence-corrected chi connectivity index (χ4v) is 3.06. The summed E-state index contributed by atoms with van der Waals surface area (Å²) in [4.78, 5) is 15.9. The molecule has 1 aromatic carbocycles. The van der Waals surface area contributed by atoms with E-state index in [4.69, 9.17) is 0 Å². The van der Waals surface area contributed by atoms with E-state index in [1.165, 1.54) is 0 Å². The molecule has 20 heavy (non-hydrogen) atoms. The van der Waals surface area contributed by atoms with Gasteiger partial charge in [0.15, 0.2) is 0 Å². The van der Waals surface area contributed by atoms with Crippen LogP contribution in [0.1, 0.15) is 26.2 Å². The Morgan fingerprint density at radius 2 is 2.20 bits per heavy atom. The number of anilines is 1. The highest BCUT2D eigenvalue weighted by molar-refractivity contribution is 5.91. The van der Waals surface area contributed by atoms with Gasteiger partial charge < -0.3 is 10.4 Å². The van der Waals surface area contributed by atoms with Gasteiger partial charge in [-0.25, -0.2) is 0 Å². The van der Waals surface area contributed by atoms with Gasteiger partial charge in [0.2, 0.25) is 0 Å². The average molecular weight is 270 g/mol. The molecule has 0 radical (unpaired) electrons. The quantitative estimate of drug-likeness (QED) is 0.898. The minimum atomic E-state index is -0.717. The number of rotatable bonds is 3. The lowest BCUT2D eigenvalue weighted by Gasteiger charge is -2.29. The van der Waals surface area contributed by atoms with Crippen LogP contribution in [-0.4, -0.2) is 22.1 Å². The topological polar surface area (TPSA) is 62.2 Å². The number of hydrogen-bond acceptors (Lipinski definition) is 3. The zero-order valence-corrected chi connectivity index (χ0v) is 11.5. The maximum atomic E-state index is 11.5. The second kappa shape index (κ2) is 4.78. The van der Waals surface area contributed by atoms with Crippen LogP contribution in [0, 0.1) is 5.41 Å². The number of benzene rings is 1. The van der Waals surface area contributed by atoms with Crippen LogP contribution in [0.5, 0.6) is 0 Å². The van der Waals surface area contributed by atoms with Gasteiger partial charge >= 0.3 is 5.97 Å². The number of pyridine rings is 1. The van der Waals surface area contributed by atoms with Crippen molar-refractivity contribution in [1.29, 1.82) is 0 Å². The van der Waals surface area contributed by atoms with Crippen molar-refractivity contribution in [3.8, 4) is 0 Å². The lowest BCUT2D eigenvalue weighted by molar-refractivity contribution is -0.147. The molecule has 0 spiro atoms. The van der Waals surface area contributed by atoms with Gasteiger partial charge in [-0.3, -0.25) is 9.78 Å². The van der Waals surface area contributed by atoms with E-state index in [0.717, 1.165) is 35.9 Å². The first-order valence-corrected chi connectivity index (χ1v) is 6.95. The van der Waals surface area contributed by atoms with Crippen molar-refractivity contribution in [2.24, 2.45) is 5.41 Å². The SMILES string of the molecule is CC1(C(=O)O)CCCC1Nc1ccnc2ccccc12. The van der Waals surface area contributed by atoms with Crippen molar-refractivity contribution in [3.05, 3.63) is 36.5 Å². The molecule has 1 aromatic heterocycles. The maximum Gasteiger partial charge on any atom is 0.311 e. The third kappa shape index (κ3) is 2.01. The van der Waals surface area contributed by atoms with Crippen LogP contribution in [-0.2, 0) is 4.79 Å². The maximum absolute atomic E-state index is 11.5. The Morgan fingerprint density at radius 3 is 3.00 bits per heavy atom. The number of carboxylic acid groups (broad SMARTS) is 1. The molecule has 1 saturated carbocycles. The van der Waals surface area contributed by atoms with Crippen LogP contribution in [0.4, 0.5) is 5.69 Å². The van der Waals surface area contributed by atoms with Crippen molar-refractivity contribution in [2.75, 3.05) is 5.32 Å². The van der Waals surface area contributed by atoms with Gasteiger partial charge in [-0.2, -0.15) is 0 Å². The van der Waals surface area contributed by atoms with Gasteiger partial charge in [0, 0.05) is 23.3 Å². The molecule has 0 amide bonds. The van der Waals surface area contributed by atoms with E-state index in [-0.39, 0.29) is 6.04 Å². The second-order valence-electron chi connectivity index (χ2n) is 5.69. The number of aromatic nitrogens is 1. The molecule has 2 aromatic rings. The minimum absolute atomic E-state index is 0.0363. The molecule has 104 valence electrons. The highest BCUT2D eigenvalue weighted by Gasteiger charge is 2.45. The number of fused-ring (bicyclic) bond motifs is 1. The zero-order chi connectivity index (χ0) is 14.2. The summed E-state index contributed by atoms with van der Waals surface area (Å²) in [5.74, 6) is -0.717. The van der Waals surface area contributed by atoms with E-state index in [1.807, 2.05) is 37.3 Å². The first kappa shape index (κ1) is 12.9. The fourth-order valence-electron chi connectivity index (χ4n) is 3.06. The molecule has 4 nitrogen and oxygen atoms in total. The molecule has 1 heterocycles. The number of carbonyl (C=O) groups is 1. The van der Waals surface area contributed by atoms with E-state index in [9.17, 15) is 9.90 Å². The Bertz CT molecular complexity index is 650. The van der Waals surface area contributed by atoms with Crippen molar-refractivity contribution in [2.45, 2.75) is 32.2 Å². The van der Waals surface area contributed by atoms with Crippen LogP contribution in [0.15, 0.2) is 36.5 Å². The van der Waals surface area contributed by atoms with Crippen molar-refractivity contribution < 1.29 is 9.90 Å². The van der Waals surface area contributed by atoms with Crippen LogP contribution < -0.4 is 5.32 Å². The van der Waals surface area contributed by atoms with E-state index >= 15 is 0 Å². The van der Waals surface area contributed by atoms with E-state index in [0.29, 0.717) is 0 Å². The summed E-state index contributed by atoms with van der Waals surface area (Å²) in [5, 5.41) is 14.0. The van der Waals surface area contributed by atoms with Crippen molar-refractivity contribution >= 4 is 22.6 Å². The Morgan fingerprint density at radius 1 is 1.40 bits per heavy atom. The second-order valence-corrected chi connectivity index (χ2v) is 5.69. The van der Waals surface area contributed by atoms with Crippen molar-refractivity contribution in [1.82, 2.24) is 4.98 Å². The third-order valence-corrected chi connectivity index (χ3v) is 4.43. The van der Waals surface area contributed by atoms with Crippen molar-refractivity contribution in [3.63, 3.8) is 0 Å². The van der Waals surface area contributed by atoms with E-state index in [1.54, 1.807) is 6.20 Å². The first-order valence-electron chi connectivity index (χ1n) is 6.95. The Kier molecular flexibility index (Phi) is 3.08. The number of nitrogens with zero attached hydrogens (tertiary/aromatic N) is 1. The van der Waals surface area contributed by atoms with Gasteiger partial charge in [0.25, 0.3) is 0 Å². The van der Waals surface area contributed by atoms with Crippen LogP contribution in [0.25, 0.3) is 10.9 Å². The number of nitrogens with one attached hydrogen (secondary N) is 1. The van der Waals surface area contributed by atoms with Gasteiger partial charge in [0.1, 0.15) is 0 Å². The normalized spacial score (nSPS) is 25.8. The standard InChI is InChI=1S/C16H18N2O2/c1-16(15(19)20)9-4-7-14(16)18-13-8-10-17-12-6-3-2-5-11(12)13/h2-3,5-6,8,10,14H,4,7,9H2,1H3,(H,17,18)(H,19,20). The fraction of sp³-hybridized carbons (Fsp3) is 0.375. The molecule has 2 unspecified atom stereocenters. The molecule has 3 rings (SSSR count). The van der Waals surface area contributed by atoms with E-state index in [2.05, 4.69) is 10.3 Å². The summed E-state index contributed by atoms with van der Waals surface area (Å²) in [5.41, 5.74) is 1.20. The summed E-state index contributed by atoms with van der Waals surface area (Å²) >= 11 is 0. The van der Waals surface area contributed by atoms with E-state index < -0.39 is 11.4 Å². The predicted molar refractivity (Wildman–Crippen MR) is 78.7 cm³/mol. The summed E-state index contributed by atoms with van der Waals surface area (Å²) in [7, 11) is 0. The number of carboxylic acids is 1. The number of para-hydroxylation sites is 1. The molecule has 0 bridgehead atoms. The van der Waals surface area contributed by atoms with Crippen LogP contribution >= 0.6 is 0 Å². The lowest BCUT2D eigenvalue weighted by atomic mass is 9.84. The first-order chi connectivity index (χ1) is 9.61. The van der Waals surface area contributed by atoms with Gasteiger partial charge in [-0.1, -0.05) is 24.6 Å². The smallest absolute Gasteiger partial charge is 0.311 e. The minimum Gasteiger partial charge on any atom is -0.481 e. The van der Waals surface area contributed by atoms with Gasteiger partial charge in [0.05, 0.1) is 10.9 Å². The molecule has 2 N–H and O–H groups in total. The molecule has 2 atom stereocenters. The summed E-state index contributed by atoms with van der Waals surface area (Å²) in [6.07, 6.45) is 4.32.